The molecule has 4 fully saturated rings. The molecule has 2 unspecified atom stereocenters. The number of rotatable bonds is 7. The molecule has 4 aliphatic rings. The predicted octanol–water partition coefficient (Wildman–Crippen LogP) is 2.57. The Morgan fingerprint density at radius 2 is 1.78 bits per heavy atom. The van der Waals surface area contributed by atoms with Crippen molar-refractivity contribution in [2.45, 2.75) is 67.6 Å². The smallest absolute Gasteiger partial charge is 0.410 e. The van der Waals surface area contributed by atoms with Crippen LogP contribution < -0.4 is 0 Å². The van der Waals surface area contributed by atoms with Gasteiger partial charge in [0.25, 0.3) is 0 Å². The number of amides is 1. The van der Waals surface area contributed by atoms with Crippen molar-refractivity contribution in [2.24, 2.45) is 5.92 Å². The van der Waals surface area contributed by atoms with Crippen LogP contribution in [0.25, 0.3) is 0 Å². The van der Waals surface area contributed by atoms with Gasteiger partial charge in [-0.25, -0.2) is 13.2 Å². The molecule has 1 amide bonds. The van der Waals surface area contributed by atoms with Crippen LogP contribution in [0.3, 0.4) is 0 Å². The largest absolute Gasteiger partial charge is 0.441 e. The molecule has 2 saturated heterocycles. The first-order valence-electron chi connectivity index (χ1n) is 12.8. The SMILES string of the molecule is CC(C)(CO)N1CCN(C(=O)OC2(C3COCC(C4CC4)N3S(=O)(=O)c3ccc(Cl)cc3)CC2)CC1. The van der Waals surface area contributed by atoms with Crippen LogP contribution in [-0.4, -0.2) is 103 Å². The Morgan fingerprint density at radius 1 is 1.14 bits per heavy atom. The van der Waals surface area contributed by atoms with Gasteiger partial charge in [-0.05, 0) is 69.7 Å². The molecule has 2 aliphatic carbocycles. The first kappa shape index (κ1) is 26.2. The zero-order chi connectivity index (χ0) is 25.7. The topological polar surface area (TPSA) is 99.6 Å². The summed E-state index contributed by atoms with van der Waals surface area (Å²) in [7, 11) is -3.85. The van der Waals surface area contributed by atoms with E-state index in [4.69, 9.17) is 21.1 Å². The molecule has 2 heterocycles. The number of aliphatic hydroxyl groups excluding tert-OH is 1. The minimum atomic E-state index is -3.85. The number of nitrogens with zero attached hydrogens (tertiary/aromatic N) is 3. The normalized spacial score (nSPS) is 27.6. The van der Waals surface area contributed by atoms with Crippen LogP contribution in [0.2, 0.25) is 5.02 Å². The number of sulfonamides is 1. The van der Waals surface area contributed by atoms with E-state index in [2.05, 4.69) is 4.90 Å². The monoisotopic (exact) mass is 541 g/mol. The van der Waals surface area contributed by atoms with Crippen molar-refractivity contribution in [2.75, 3.05) is 46.0 Å². The van der Waals surface area contributed by atoms with Crippen molar-refractivity contribution >= 4 is 27.7 Å². The maximum atomic E-state index is 13.9. The summed E-state index contributed by atoms with van der Waals surface area (Å²) < 4.78 is 41.5. The van der Waals surface area contributed by atoms with Crippen molar-refractivity contribution in [1.29, 1.82) is 0 Å². The van der Waals surface area contributed by atoms with E-state index in [0.29, 0.717) is 50.7 Å². The fourth-order valence-corrected chi connectivity index (χ4v) is 7.45. The van der Waals surface area contributed by atoms with Crippen LogP contribution in [0.4, 0.5) is 4.79 Å². The molecule has 5 rings (SSSR count). The number of ether oxygens (including phenoxy) is 2. The Kier molecular flexibility index (Phi) is 7.06. The Morgan fingerprint density at radius 3 is 2.33 bits per heavy atom. The molecule has 0 spiro atoms. The minimum Gasteiger partial charge on any atom is -0.441 e. The van der Waals surface area contributed by atoms with E-state index < -0.39 is 27.8 Å². The number of morpholine rings is 1. The van der Waals surface area contributed by atoms with Gasteiger partial charge in [-0.1, -0.05) is 11.6 Å². The molecule has 36 heavy (non-hydrogen) atoms. The van der Waals surface area contributed by atoms with Crippen molar-refractivity contribution < 1.29 is 27.8 Å². The molecule has 0 aromatic heterocycles. The second-order valence-electron chi connectivity index (χ2n) is 11.1. The average Bonchev–Trinajstić information content (AvgIpc) is 3.80. The number of aliphatic hydroxyl groups is 1. The summed E-state index contributed by atoms with van der Waals surface area (Å²) in [6.07, 6.45) is 2.73. The Labute approximate surface area is 218 Å². The van der Waals surface area contributed by atoms with E-state index in [0.717, 1.165) is 12.8 Å². The Balaban J connectivity index is 1.34. The summed E-state index contributed by atoms with van der Waals surface area (Å²) in [6, 6.07) is 5.39. The van der Waals surface area contributed by atoms with E-state index in [-0.39, 0.29) is 35.6 Å². The molecule has 200 valence electrons. The summed E-state index contributed by atoms with van der Waals surface area (Å²) in [4.78, 5) is 17.3. The molecular formula is C25H36ClN3O6S. The minimum absolute atomic E-state index is 0.0440. The molecule has 9 nitrogen and oxygen atoms in total. The van der Waals surface area contributed by atoms with E-state index >= 15 is 0 Å². The number of piperazine rings is 1. The third-order valence-corrected chi connectivity index (χ3v) is 10.4. The lowest BCUT2D eigenvalue weighted by atomic mass is 10.0. The number of carbonyl (C=O) groups is 1. The van der Waals surface area contributed by atoms with Gasteiger partial charge in [0, 0.05) is 36.7 Å². The highest BCUT2D eigenvalue weighted by Gasteiger charge is 2.61. The van der Waals surface area contributed by atoms with Crippen LogP contribution in [0, 0.1) is 5.92 Å². The molecule has 2 atom stereocenters. The second kappa shape index (κ2) is 9.71. The van der Waals surface area contributed by atoms with Crippen LogP contribution in [0.15, 0.2) is 29.2 Å². The van der Waals surface area contributed by atoms with Gasteiger partial charge >= 0.3 is 6.09 Å². The second-order valence-corrected chi connectivity index (χ2v) is 13.4. The lowest BCUT2D eigenvalue weighted by molar-refractivity contribution is -0.0779. The highest BCUT2D eigenvalue weighted by molar-refractivity contribution is 7.89. The van der Waals surface area contributed by atoms with Crippen LogP contribution >= 0.6 is 11.6 Å². The van der Waals surface area contributed by atoms with Gasteiger partial charge in [0.2, 0.25) is 10.0 Å². The number of carbonyl (C=O) groups excluding carboxylic acids is 1. The van der Waals surface area contributed by atoms with Gasteiger partial charge in [0.1, 0.15) is 5.60 Å². The summed E-state index contributed by atoms with van der Waals surface area (Å²) in [5, 5.41) is 10.1. The fraction of sp³-hybridized carbons (Fsp3) is 0.720. The average molecular weight is 542 g/mol. The predicted molar refractivity (Wildman–Crippen MR) is 134 cm³/mol. The van der Waals surface area contributed by atoms with E-state index in [1.54, 1.807) is 21.3 Å². The van der Waals surface area contributed by atoms with Gasteiger partial charge in [-0.2, -0.15) is 4.31 Å². The summed E-state index contributed by atoms with van der Waals surface area (Å²) in [6.45, 7) is 6.83. The Bertz CT molecular complexity index is 1070. The molecule has 0 radical (unpaired) electrons. The molecule has 1 aromatic rings. The van der Waals surface area contributed by atoms with Crippen molar-refractivity contribution in [3.8, 4) is 0 Å². The quantitative estimate of drug-likeness (QED) is 0.566. The first-order chi connectivity index (χ1) is 17.1. The number of benzene rings is 1. The van der Waals surface area contributed by atoms with Crippen LogP contribution in [0.5, 0.6) is 0 Å². The van der Waals surface area contributed by atoms with Gasteiger partial charge in [-0.15, -0.1) is 0 Å². The molecule has 2 saturated carbocycles. The van der Waals surface area contributed by atoms with E-state index in [9.17, 15) is 18.3 Å². The van der Waals surface area contributed by atoms with Crippen molar-refractivity contribution in [3.63, 3.8) is 0 Å². The van der Waals surface area contributed by atoms with Gasteiger partial charge in [0.15, 0.2) is 0 Å². The molecular weight excluding hydrogens is 506 g/mol. The van der Waals surface area contributed by atoms with Crippen LogP contribution in [-0.2, 0) is 19.5 Å². The summed E-state index contributed by atoms with van der Waals surface area (Å²) >= 11 is 6.02. The number of hydrogen-bond acceptors (Lipinski definition) is 7. The van der Waals surface area contributed by atoms with Gasteiger partial charge < -0.3 is 19.5 Å². The van der Waals surface area contributed by atoms with E-state index in [1.807, 2.05) is 13.8 Å². The van der Waals surface area contributed by atoms with Crippen LogP contribution in [0.1, 0.15) is 39.5 Å². The zero-order valence-electron chi connectivity index (χ0n) is 20.9. The summed E-state index contributed by atoms with van der Waals surface area (Å²) in [5.74, 6) is 0.254. The third-order valence-electron chi connectivity index (χ3n) is 8.18. The lowest BCUT2D eigenvalue weighted by Gasteiger charge is -2.45. The molecule has 1 aromatic carbocycles. The molecule has 2 aliphatic heterocycles. The summed E-state index contributed by atoms with van der Waals surface area (Å²) in [5.41, 5.74) is -1.23. The zero-order valence-corrected chi connectivity index (χ0v) is 22.5. The van der Waals surface area contributed by atoms with Gasteiger partial charge in [0.05, 0.1) is 36.8 Å². The van der Waals surface area contributed by atoms with Crippen molar-refractivity contribution in [3.05, 3.63) is 29.3 Å². The highest BCUT2D eigenvalue weighted by Crippen LogP contribution is 2.50. The lowest BCUT2D eigenvalue weighted by Crippen LogP contribution is -2.62. The standard InChI is InChI=1S/C25H36ClN3O6S/c1-24(2,17-30)28-13-11-27(12-14-28)23(31)35-25(9-10-25)22-16-34-15-21(18-3-4-18)29(22)36(32,33)20-7-5-19(26)6-8-20/h5-8,18,21-22,30H,3-4,9-17H2,1-2H3. The fourth-order valence-electron chi connectivity index (χ4n) is 5.42. The third kappa shape index (κ3) is 5.00. The maximum Gasteiger partial charge on any atom is 0.410 e. The molecule has 11 heteroatoms. The van der Waals surface area contributed by atoms with Crippen molar-refractivity contribution in [1.82, 2.24) is 14.1 Å². The van der Waals surface area contributed by atoms with Gasteiger partial charge in [-0.3, -0.25) is 4.90 Å². The highest BCUT2D eigenvalue weighted by atomic mass is 35.5. The maximum absolute atomic E-state index is 13.9. The Hall–Kier alpha value is -1.43. The number of hydrogen-bond donors (Lipinski definition) is 1. The first-order valence-corrected chi connectivity index (χ1v) is 14.6. The number of halogens is 1. The molecule has 1 N–H and O–H groups in total. The van der Waals surface area contributed by atoms with E-state index in [1.165, 1.54) is 12.1 Å². The molecule has 0 bridgehead atoms.